The van der Waals surface area contributed by atoms with Gasteiger partial charge < -0.3 is 0 Å². The normalized spacial score (nSPS) is 11.7. The highest BCUT2D eigenvalue weighted by atomic mass is 15.5. The molecule has 39 heavy (non-hydrogen) atoms. The molecule has 0 atom stereocenters. The topological polar surface area (TPSA) is 15.3 Å². The van der Waals surface area contributed by atoms with E-state index >= 15 is 0 Å². The first kappa shape index (κ1) is 38.9. The van der Waals surface area contributed by atoms with Crippen LogP contribution in [0.4, 0.5) is 0 Å². The molecule has 0 saturated carbocycles. The second kappa shape index (κ2) is 35.9. The number of nitrogens with one attached hydrogen (secondary N) is 1. The number of nitrogens with zero attached hydrogens (tertiary/aromatic N) is 1. The Bertz CT molecular complexity index is 374. The molecular formula is C37H78N2. The first-order valence-corrected chi connectivity index (χ1v) is 18.8. The Balaban J connectivity index is 3.25. The molecule has 0 aromatic heterocycles. The predicted octanol–water partition coefficient (Wildman–Crippen LogP) is 12.9. The van der Waals surface area contributed by atoms with Crippen molar-refractivity contribution < 1.29 is 0 Å². The molecule has 0 aliphatic heterocycles. The zero-order valence-corrected chi connectivity index (χ0v) is 28.0. The summed E-state index contributed by atoms with van der Waals surface area (Å²) in [7, 11) is 2.11. The third-order valence-electron chi connectivity index (χ3n) is 8.88. The minimum atomic E-state index is 1.23. The first-order valence-electron chi connectivity index (χ1n) is 18.8. The fourth-order valence-corrected chi connectivity index (χ4v) is 6.04. The van der Waals surface area contributed by atoms with Crippen LogP contribution in [0.25, 0.3) is 0 Å². The van der Waals surface area contributed by atoms with Gasteiger partial charge in [-0.15, -0.1) is 0 Å². The van der Waals surface area contributed by atoms with E-state index in [0.29, 0.717) is 0 Å². The summed E-state index contributed by atoms with van der Waals surface area (Å²) in [6.45, 7) is 7.07. The maximum absolute atomic E-state index is 3.44. The molecule has 0 bridgehead atoms. The summed E-state index contributed by atoms with van der Waals surface area (Å²) >= 11 is 0. The molecule has 0 amide bonds. The molecule has 0 aliphatic rings. The van der Waals surface area contributed by atoms with Gasteiger partial charge in [0.1, 0.15) is 0 Å². The van der Waals surface area contributed by atoms with Crippen LogP contribution in [0.1, 0.15) is 219 Å². The molecule has 0 heterocycles. The third-order valence-corrected chi connectivity index (χ3v) is 8.88. The van der Waals surface area contributed by atoms with Crippen molar-refractivity contribution in [1.82, 2.24) is 10.4 Å². The number of rotatable bonds is 35. The predicted molar refractivity (Wildman–Crippen MR) is 180 cm³/mol. The Kier molecular flexibility index (Phi) is 35.9. The van der Waals surface area contributed by atoms with E-state index in [9.17, 15) is 0 Å². The molecule has 0 spiro atoms. The molecule has 2 nitrogen and oxygen atoms in total. The zero-order valence-electron chi connectivity index (χ0n) is 28.0. The summed E-state index contributed by atoms with van der Waals surface area (Å²) in [6.07, 6.45) is 46.4. The van der Waals surface area contributed by atoms with Gasteiger partial charge >= 0.3 is 0 Å². The number of hydrazine groups is 1. The van der Waals surface area contributed by atoms with Crippen molar-refractivity contribution in [3.05, 3.63) is 0 Å². The van der Waals surface area contributed by atoms with Crippen molar-refractivity contribution in [2.24, 2.45) is 0 Å². The first-order chi connectivity index (χ1) is 19.3. The Morgan fingerprint density at radius 3 is 0.641 bits per heavy atom. The fraction of sp³-hybridized carbons (Fsp3) is 1.00. The largest absolute Gasteiger partial charge is 0.258 e. The molecule has 2 heteroatoms. The van der Waals surface area contributed by atoms with Crippen LogP contribution in [0.3, 0.4) is 0 Å². The highest BCUT2D eigenvalue weighted by molar-refractivity contribution is 4.56. The molecule has 0 aromatic carbocycles. The fourth-order valence-electron chi connectivity index (χ4n) is 6.04. The average Bonchev–Trinajstić information content (AvgIpc) is 2.95. The van der Waals surface area contributed by atoms with Crippen LogP contribution >= 0.6 is 0 Å². The van der Waals surface area contributed by atoms with Gasteiger partial charge in [0.25, 0.3) is 0 Å². The molecule has 0 aromatic rings. The highest BCUT2D eigenvalue weighted by Crippen LogP contribution is 2.15. The average molecular weight is 551 g/mol. The number of hydrogen-bond acceptors (Lipinski definition) is 2. The third kappa shape index (κ3) is 34.0. The van der Waals surface area contributed by atoms with Crippen LogP contribution in [-0.2, 0) is 0 Å². The molecule has 0 fully saturated rings. The maximum Gasteiger partial charge on any atom is 0.0130 e. The van der Waals surface area contributed by atoms with Crippen molar-refractivity contribution in [2.75, 3.05) is 20.1 Å². The smallest absolute Gasteiger partial charge is 0.0130 e. The second-order valence-electron chi connectivity index (χ2n) is 12.8. The van der Waals surface area contributed by atoms with Gasteiger partial charge in [0, 0.05) is 13.1 Å². The van der Waals surface area contributed by atoms with E-state index in [1.807, 2.05) is 0 Å². The standard InChI is InChI=1S/C37H78N2/c1-4-6-8-10-12-14-16-18-20-22-24-26-28-30-32-34-36-39(38-3)37-35-33-31-29-27-25-23-21-19-17-15-13-11-9-7-5-2/h38H,4-37H2,1-3H3. The minimum absolute atomic E-state index is 1.23. The van der Waals surface area contributed by atoms with Crippen LogP contribution in [-0.4, -0.2) is 25.1 Å². The van der Waals surface area contributed by atoms with Crippen LogP contribution < -0.4 is 5.43 Å². The Morgan fingerprint density at radius 1 is 0.282 bits per heavy atom. The van der Waals surface area contributed by atoms with Gasteiger partial charge in [-0.25, -0.2) is 5.01 Å². The zero-order chi connectivity index (χ0) is 28.3. The van der Waals surface area contributed by atoms with Gasteiger partial charge in [0.2, 0.25) is 0 Å². The Morgan fingerprint density at radius 2 is 0.462 bits per heavy atom. The van der Waals surface area contributed by atoms with E-state index in [2.05, 4.69) is 31.3 Å². The highest BCUT2D eigenvalue weighted by Gasteiger charge is 2.02. The van der Waals surface area contributed by atoms with Crippen molar-refractivity contribution >= 4 is 0 Å². The SMILES string of the molecule is CCCCCCCCCCCCCCCCCCN(CCCCCCCCCCCCCCCCCC)NC. The van der Waals surface area contributed by atoms with Crippen molar-refractivity contribution in [2.45, 2.75) is 219 Å². The lowest BCUT2D eigenvalue weighted by atomic mass is 10.0. The molecule has 1 N–H and O–H groups in total. The molecule has 236 valence electrons. The lowest BCUT2D eigenvalue weighted by molar-refractivity contribution is 0.198. The molecule has 0 saturated heterocycles. The van der Waals surface area contributed by atoms with Crippen molar-refractivity contribution in [3.8, 4) is 0 Å². The summed E-state index contributed by atoms with van der Waals surface area (Å²) in [6, 6.07) is 0. The lowest BCUT2D eigenvalue weighted by Gasteiger charge is -2.21. The van der Waals surface area contributed by atoms with Crippen molar-refractivity contribution in [1.29, 1.82) is 0 Å². The van der Waals surface area contributed by atoms with Gasteiger partial charge in [-0.2, -0.15) is 0 Å². The lowest BCUT2D eigenvalue weighted by Crippen LogP contribution is -2.36. The van der Waals surface area contributed by atoms with Crippen molar-refractivity contribution in [3.63, 3.8) is 0 Å². The molecule has 0 unspecified atom stereocenters. The van der Waals surface area contributed by atoms with E-state index in [-0.39, 0.29) is 0 Å². The van der Waals surface area contributed by atoms with E-state index in [4.69, 9.17) is 0 Å². The van der Waals surface area contributed by atoms with E-state index < -0.39 is 0 Å². The van der Waals surface area contributed by atoms with Gasteiger partial charge in [-0.3, -0.25) is 5.43 Å². The van der Waals surface area contributed by atoms with Crippen LogP contribution in [0.15, 0.2) is 0 Å². The molecule has 0 aliphatic carbocycles. The van der Waals surface area contributed by atoms with E-state index in [1.165, 1.54) is 219 Å². The van der Waals surface area contributed by atoms with Gasteiger partial charge in [-0.1, -0.05) is 206 Å². The molecule has 0 rings (SSSR count). The molecule has 0 radical (unpaired) electrons. The quantitative estimate of drug-likeness (QED) is 0.0623. The maximum atomic E-state index is 3.44. The molecular weight excluding hydrogens is 472 g/mol. The van der Waals surface area contributed by atoms with Gasteiger partial charge in [0.05, 0.1) is 0 Å². The van der Waals surface area contributed by atoms with Crippen LogP contribution in [0.5, 0.6) is 0 Å². The van der Waals surface area contributed by atoms with Crippen LogP contribution in [0.2, 0.25) is 0 Å². The number of unbranched alkanes of at least 4 members (excludes halogenated alkanes) is 30. The Hall–Kier alpha value is -0.0800. The summed E-state index contributed by atoms with van der Waals surface area (Å²) in [4.78, 5) is 0. The summed E-state index contributed by atoms with van der Waals surface area (Å²) in [5, 5.41) is 2.47. The van der Waals surface area contributed by atoms with E-state index in [1.54, 1.807) is 0 Å². The van der Waals surface area contributed by atoms with E-state index in [0.717, 1.165) is 0 Å². The Labute approximate surface area is 249 Å². The number of hydrogen-bond donors (Lipinski definition) is 1. The summed E-state index contributed by atoms with van der Waals surface area (Å²) in [5.41, 5.74) is 3.44. The van der Waals surface area contributed by atoms with Gasteiger partial charge in [0.15, 0.2) is 0 Å². The van der Waals surface area contributed by atoms with Crippen LogP contribution in [0, 0.1) is 0 Å². The summed E-state index contributed by atoms with van der Waals surface area (Å²) in [5.74, 6) is 0. The minimum Gasteiger partial charge on any atom is -0.258 e. The summed E-state index contributed by atoms with van der Waals surface area (Å²) < 4.78 is 0. The van der Waals surface area contributed by atoms with Gasteiger partial charge in [-0.05, 0) is 19.9 Å². The second-order valence-corrected chi connectivity index (χ2v) is 12.8. The monoisotopic (exact) mass is 551 g/mol.